The van der Waals surface area contributed by atoms with E-state index in [1.807, 2.05) is 0 Å². The fourth-order valence-electron chi connectivity index (χ4n) is 3.77. The molecule has 12 heteroatoms. The number of rotatable bonds is 5. The minimum absolute atomic E-state index is 0.0967. The number of halogens is 2. The first-order valence-electron chi connectivity index (χ1n) is 9.87. The standard InChI is InChI=1S/C20H19F2N5O4S/c1-12-17(27(28)29)6-5-7-18(12)32(30,31)25-16-10-13(14(21)11-15(16)22)20-24-23-19-8-3-2-4-9-26(19)20/h5-7,10-11,25H,2-4,8-9H2,1H3. The van der Waals surface area contributed by atoms with Crippen LogP contribution in [0.3, 0.4) is 0 Å². The maximum atomic E-state index is 14.7. The molecule has 0 saturated heterocycles. The Morgan fingerprint density at radius 1 is 1.12 bits per heavy atom. The number of aryl methyl sites for hydroxylation is 1. The number of nitrogens with zero attached hydrogens (tertiary/aromatic N) is 4. The van der Waals surface area contributed by atoms with E-state index in [4.69, 9.17) is 0 Å². The molecule has 9 nitrogen and oxygen atoms in total. The quantitative estimate of drug-likeness (QED) is 0.452. The van der Waals surface area contributed by atoms with Gasteiger partial charge in [-0.05, 0) is 31.9 Å². The van der Waals surface area contributed by atoms with Crippen LogP contribution in [0.1, 0.15) is 30.7 Å². The van der Waals surface area contributed by atoms with Crippen molar-refractivity contribution < 1.29 is 22.1 Å². The van der Waals surface area contributed by atoms with Gasteiger partial charge >= 0.3 is 0 Å². The molecule has 1 aromatic heterocycles. The van der Waals surface area contributed by atoms with E-state index in [2.05, 4.69) is 14.9 Å². The number of hydrogen-bond donors (Lipinski definition) is 1. The molecular weight excluding hydrogens is 444 g/mol. The highest BCUT2D eigenvalue weighted by Crippen LogP contribution is 2.32. The number of nitro groups is 1. The smallest absolute Gasteiger partial charge is 0.273 e. The lowest BCUT2D eigenvalue weighted by atomic mass is 10.1. The Labute approximate surface area is 182 Å². The van der Waals surface area contributed by atoms with Crippen molar-refractivity contribution in [3.05, 3.63) is 63.5 Å². The molecule has 2 heterocycles. The minimum atomic E-state index is -4.40. The zero-order valence-electron chi connectivity index (χ0n) is 17.0. The Morgan fingerprint density at radius 3 is 2.66 bits per heavy atom. The van der Waals surface area contributed by atoms with Crippen LogP contribution in [0.4, 0.5) is 20.2 Å². The average Bonchev–Trinajstić information content (AvgIpc) is 2.97. The minimum Gasteiger partial charge on any atom is -0.311 e. The van der Waals surface area contributed by atoms with Crippen molar-refractivity contribution in [3.63, 3.8) is 0 Å². The summed E-state index contributed by atoms with van der Waals surface area (Å²) in [6.45, 7) is 1.85. The van der Waals surface area contributed by atoms with Crippen LogP contribution in [0.2, 0.25) is 0 Å². The molecule has 32 heavy (non-hydrogen) atoms. The number of fused-ring (bicyclic) bond motifs is 1. The first-order valence-corrected chi connectivity index (χ1v) is 11.4. The lowest BCUT2D eigenvalue weighted by Crippen LogP contribution is -2.16. The summed E-state index contributed by atoms with van der Waals surface area (Å²) in [7, 11) is -4.40. The Balaban J connectivity index is 1.76. The van der Waals surface area contributed by atoms with Gasteiger partial charge in [0.15, 0.2) is 5.82 Å². The van der Waals surface area contributed by atoms with Gasteiger partial charge in [0.1, 0.15) is 17.5 Å². The third-order valence-corrected chi connectivity index (χ3v) is 6.90. The van der Waals surface area contributed by atoms with Crippen molar-refractivity contribution in [1.29, 1.82) is 0 Å². The lowest BCUT2D eigenvalue weighted by Gasteiger charge is -2.13. The van der Waals surface area contributed by atoms with Gasteiger partial charge in [0.2, 0.25) is 0 Å². The molecule has 168 valence electrons. The van der Waals surface area contributed by atoms with E-state index < -0.39 is 32.3 Å². The summed E-state index contributed by atoms with van der Waals surface area (Å²) in [6.07, 6.45) is 3.45. The van der Waals surface area contributed by atoms with Crippen molar-refractivity contribution in [1.82, 2.24) is 14.8 Å². The predicted octanol–water partition coefficient (Wildman–Crippen LogP) is 3.97. The molecule has 0 saturated carbocycles. The highest BCUT2D eigenvalue weighted by atomic mass is 32.2. The molecule has 4 rings (SSSR count). The number of hydrogen-bond acceptors (Lipinski definition) is 6. The van der Waals surface area contributed by atoms with Gasteiger partial charge in [-0.15, -0.1) is 10.2 Å². The van der Waals surface area contributed by atoms with Crippen LogP contribution in [-0.4, -0.2) is 28.1 Å². The second kappa shape index (κ2) is 8.26. The Kier molecular flexibility index (Phi) is 5.63. The van der Waals surface area contributed by atoms with E-state index in [0.29, 0.717) is 24.9 Å². The summed E-state index contributed by atoms with van der Waals surface area (Å²) in [5.41, 5.74) is -1.09. The number of benzene rings is 2. The molecule has 0 fully saturated rings. The second-order valence-corrected chi connectivity index (χ2v) is 9.13. The van der Waals surface area contributed by atoms with Gasteiger partial charge < -0.3 is 4.57 Å². The maximum absolute atomic E-state index is 14.7. The summed E-state index contributed by atoms with van der Waals surface area (Å²) in [4.78, 5) is 10.1. The fourth-order valence-corrected chi connectivity index (χ4v) is 5.10. The van der Waals surface area contributed by atoms with Crippen molar-refractivity contribution in [2.24, 2.45) is 0 Å². The lowest BCUT2D eigenvalue weighted by molar-refractivity contribution is -0.385. The summed E-state index contributed by atoms with van der Waals surface area (Å²) >= 11 is 0. The molecular formula is C20H19F2N5O4S. The molecule has 0 spiro atoms. The molecule has 1 aliphatic heterocycles. The van der Waals surface area contributed by atoms with Crippen LogP contribution in [0.5, 0.6) is 0 Å². The highest BCUT2D eigenvalue weighted by molar-refractivity contribution is 7.92. The van der Waals surface area contributed by atoms with Gasteiger partial charge in [0.25, 0.3) is 15.7 Å². The van der Waals surface area contributed by atoms with Gasteiger partial charge in [-0.3, -0.25) is 14.8 Å². The number of nitrogens with one attached hydrogen (secondary N) is 1. The zero-order valence-corrected chi connectivity index (χ0v) is 17.8. The van der Waals surface area contributed by atoms with Gasteiger partial charge in [-0.25, -0.2) is 17.2 Å². The number of nitro benzene ring substituents is 1. The van der Waals surface area contributed by atoms with E-state index in [0.717, 1.165) is 25.3 Å². The number of aromatic nitrogens is 3. The van der Waals surface area contributed by atoms with Crippen LogP contribution < -0.4 is 4.72 Å². The molecule has 1 aliphatic rings. The monoisotopic (exact) mass is 463 g/mol. The van der Waals surface area contributed by atoms with E-state index in [9.17, 15) is 27.3 Å². The molecule has 0 atom stereocenters. The van der Waals surface area contributed by atoms with Crippen LogP contribution in [0, 0.1) is 28.7 Å². The third-order valence-electron chi connectivity index (χ3n) is 5.39. The van der Waals surface area contributed by atoms with Gasteiger partial charge in [-0.1, -0.05) is 12.5 Å². The largest absolute Gasteiger partial charge is 0.311 e. The van der Waals surface area contributed by atoms with Gasteiger partial charge in [-0.2, -0.15) is 0 Å². The molecule has 0 bridgehead atoms. The first kappa shape index (κ1) is 21.8. The molecule has 2 aromatic carbocycles. The van der Waals surface area contributed by atoms with Crippen molar-refractivity contribution in [3.8, 4) is 11.4 Å². The van der Waals surface area contributed by atoms with Crippen molar-refractivity contribution >= 4 is 21.4 Å². The van der Waals surface area contributed by atoms with E-state index in [1.165, 1.54) is 25.1 Å². The zero-order chi connectivity index (χ0) is 23.0. The van der Waals surface area contributed by atoms with Crippen LogP contribution in [0.15, 0.2) is 35.2 Å². The summed E-state index contributed by atoms with van der Waals surface area (Å²) in [6, 6.07) is 5.16. The molecule has 0 unspecified atom stereocenters. The third kappa shape index (κ3) is 3.93. The summed E-state index contributed by atoms with van der Waals surface area (Å²) in [5, 5.41) is 19.3. The summed E-state index contributed by atoms with van der Waals surface area (Å²) in [5.74, 6) is -1.16. The van der Waals surface area contributed by atoms with Crippen LogP contribution in [0.25, 0.3) is 11.4 Å². The first-order chi connectivity index (χ1) is 15.2. The average molecular weight is 463 g/mol. The molecule has 3 aromatic rings. The topological polar surface area (TPSA) is 120 Å². The van der Waals surface area contributed by atoms with Crippen LogP contribution in [-0.2, 0) is 23.0 Å². The molecule has 1 N–H and O–H groups in total. The number of sulfonamides is 1. The maximum Gasteiger partial charge on any atom is 0.273 e. The van der Waals surface area contributed by atoms with E-state index in [1.54, 1.807) is 4.57 Å². The molecule has 0 aliphatic carbocycles. The Morgan fingerprint density at radius 2 is 1.91 bits per heavy atom. The van der Waals surface area contributed by atoms with E-state index in [-0.39, 0.29) is 27.5 Å². The number of anilines is 1. The Hall–Kier alpha value is -3.41. The highest BCUT2D eigenvalue weighted by Gasteiger charge is 2.26. The van der Waals surface area contributed by atoms with Crippen LogP contribution >= 0.6 is 0 Å². The molecule has 0 radical (unpaired) electrons. The van der Waals surface area contributed by atoms with E-state index >= 15 is 0 Å². The van der Waals surface area contributed by atoms with Crippen molar-refractivity contribution in [2.75, 3.05) is 4.72 Å². The SMILES string of the molecule is Cc1c([N+](=O)[O-])cccc1S(=O)(=O)Nc1cc(-c2nnc3n2CCCCC3)c(F)cc1F. The second-order valence-electron chi connectivity index (χ2n) is 7.48. The van der Waals surface area contributed by atoms with Gasteiger partial charge in [0.05, 0.1) is 21.1 Å². The predicted molar refractivity (Wildman–Crippen MR) is 112 cm³/mol. The normalized spacial score (nSPS) is 14.0. The van der Waals surface area contributed by atoms with Gasteiger partial charge in [0, 0.05) is 30.7 Å². The molecule has 0 amide bonds. The van der Waals surface area contributed by atoms with Crippen molar-refractivity contribution in [2.45, 2.75) is 44.0 Å². The Bertz CT molecular complexity index is 1320. The summed E-state index contributed by atoms with van der Waals surface area (Å²) < 4.78 is 58.8. The fraction of sp³-hybridized carbons (Fsp3) is 0.300.